The lowest BCUT2D eigenvalue weighted by molar-refractivity contribution is -0.148. The molecular formula is C51H77N9O16S3. The Hall–Kier alpha value is -5.26. The number of likely N-dealkylation sites (tertiary alicyclic amines) is 2. The topological polar surface area (TPSA) is 360 Å². The highest BCUT2D eigenvalue weighted by molar-refractivity contribution is 8.04. The highest BCUT2D eigenvalue weighted by Crippen LogP contribution is 2.48. The van der Waals surface area contributed by atoms with Crippen molar-refractivity contribution in [3.8, 4) is 0 Å². The van der Waals surface area contributed by atoms with Crippen molar-refractivity contribution in [3.63, 3.8) is 0 Å². The van der Waals surface area contributed by atoms with Crippen LogP contribution in [0.3, 0.4) is 0 Å². The van der Waals surface area contributed by atoms with Crippen molar-refractivity contribution in [2.24, 2.45) is 35.5 Å². The Morgan fingerprint density at radius 2 is 0.810 bits per heavy atom. The number of hydrogen-bond donors (Lipinski definition) is 11. The number of carboxylic acids is 4. The van der Waals surface area contributed by atoms with Gasteiger partial charge in [-0.3, -0.25) is 28.8 Å². The van der Waals surface area contributed by atoms with Crippen LogP contribution < -0.4 is 21.3 Å². The van der Waals surface area contributed by atoms with Gasteiger partial charge in [0.05, 0.1) is 36.2 Å². The first-order valence-electron chi connectivity index (χ1n) is 26.3. The molecule has 0 aromatic carbocycles. The second-order valence-electron chi connectivity index (χ2n) is 22.2. The number of amides is 5. The normalized spacial score (nSPS) is 31.0. The maximum Gasteiger partial charge on any atom is 0.352 e. The summed E-state index contributed by atoms with van der Waals surface area (Å²) in [7, 11) is 9.34. The molecule has 28 heteroatoms. The summed E-state index contributed by atoms with van der Waals surface area (Å²) in [5.41, 5.74) is -0.682. The largest absolute Gasteiger partial charge is 0.481 e. The number of aliphatic carboxylic acids is 4. The number of aliphatic hydroxyl groups is 3. The first-order valence-corrected chi connectivity index (χ1v) is 28.9. The van der Waals surface area contributed by atoms with E-state index in [1.807, 2.05) is 0 Å². The summed E-state index contributed by atoms with van der Waals surface area (Å²) in [6.07, 6.45) is -3.62. The molecule has 0 unspecified atom stereocenters. The molecule has 11 N–H and O–H groups in total. The van der Waals surface area contributed by atoms with Crippen LogP contribution >= 0.6 is 35.3 Å². The van der Waals surface area contributed by atoms with Gasteiger partial charge in [-0.1, -0.05) is 20.8 Å². The fourth-order valence-corrected chi connectivity index (χ4v) is 16.4. The Morgan fingerprint density at radius 3 is 1.10 bits per heavy atom. The van der Waals surface area contributed by atoms with Crippen LogP contribution in [0.25, 0.3) is 0 Å². The molecular weight excluding hydrogens is 1090 g/mol. The summed E-state index contributed by atoms with van der Waals surface area (Å²) >= 11 is 3.47. The Bertz CT molecular complexity index is 2540. The lowest BCUT2D eigenvalue weighted by Crippen LogP contribution is -2.54. The highest BCUT2D eigenvalue weighted by atomic mass is 32.2. The van der Waals surface area contributed by atoms with Gasteiger partial charge in [0.1, 0.15) is 35.1 Å². The molecule has 440 valence electrons. The van der Waals surface area contributed by atoms with Crippen LogP contribution in [-0.4, -0.2) is 246 Å². The zero-order valence-electron chi connectivity index (χ0n) is 46.4. The van der Waals surface area contributed by atoms with Crippen molar-refractivity contribution in [1.29, 1.82) is 0 Å². The van der Waals surface area contributed by atoms with Gasteiger partial charge < -0.3 is 81.5 Å². The number of nitrogens with one attached hydrogen (secondary N) is 4. The molecule has 18 atom stereocenters. The van der Waals surface area contributed by atoms with E-state index in [1.54, 1.807) is 34.9 Å². The lowest BCUT2D eigenvalue weighted by Gasteiger charge is -2.35. The lowest BCUT2D eigenvalue weighted by atomic mass is 9.86. The number of likely N-dealkylation sites (N-methyl/N-ethyl adjacent to an activating group) is 3. The number of aliphatic hydroxyl groups excluding tert-OH is 3. The summed E-state index contributed by atoms with van der Waals surface area (Å²) in [5, 5.41) is 85.1. The van der Waals surface area contributed by atoms with E-state index in [0.29, 0.717) is 17.9 Å². The number of hydrogen-bond acceptors (Lipinski definition) is 19. The predicted molar refractivity (Wildman–Crippen MR) is 292 cm³/mol. The highest BCUT2D eigenvalue weighted by Gasteiger charge is 2.54. The standard InChI is InChI=1S/C51H77N9O16S3/c1-19-34(53-37(49(71)72)40(19)77-25-13-28(52-16-25)43(64)56(7)8)31(22(4)61)46(67)59-17-26(14-29(59)44(65)57(9)10)78-41-20(2)35(54-38(41)50(73)74)32(23(5)62)47(68)60-18-27(15-30(60)45(66)58(11)12)79-42-21(3)36(55-39(42)51(75)76)33(24(6)63)48(69)70/h19-36,52-55,61-63H,13-18H2,1-12H3,(H,69,70)(H,71,72)(H,73,74)(H,75,76)/t19-,20-,21-,22-,23-,24-,25+,26+,27+,28+,29+,30+,31-,32-,33-,34-,35-,36-/m1/s1. The van der Waals surface area contributed by atoms with Crippen LogP contribution in [0.15, 0.2) is 31.8 Å². The molecule has 5 amide bonds. The molecule has 0 saturated carbocycles. The summed E-state index contributed by atoms with van der Waals surface area (Å²) in [4.78, 5) is 129. The van der Waals surface area contributed by atoms with E-state index in [9.17, 15) is 69.3 Å². The number of carboxylic acid groups (broad SMARTS) is 4. The average molecular weight is 1170 g/mol. The molecule has 0 aromatic heterocycles. The van der Waals surface area contributed by atoms with Gasteiger partial charge in [-0.15, -0.1) is 35.3 Å². The number of thioether (sulfide) groups is 3. The Labute approximate surface area is 471 Å². The number of carbonyl (C=O) groups is 9. The van der Waals surface area contributed by atoms with E-state index in [0.717, 1.165) is 23.5 Å². The molecule has 0 aromatic rings. The average Bonchev–Trinajstić information content (AvgIpc) is 4.35. The molecule has 0 aliphatic carbocycles. The van der Waals surface area contributed by atoms with Crippen molar-refractivity contribution < 1.29 is 78.9 Å². The summed E-state index contributed by atoms with van der Waals surface area (Å²) in [6.45, 7) is 9.33. The quantitative estimate of drug-likeness (QED) is 0.0650. The van der Waals surface area contributed by atoms with Gasteiger partial charge in [-0.05, 0) is 40.0 Å². The van der Waals surface area contributed by atoms with Crippen LogP contribution in [0.5, 0.6) is 0 Å². The molecule has 6 aliphatic heterocycles. The minimum Gasteiger partial charge on any atom is -0.481 e. The summed E-state index contributed by atoms with van der Waals surface area (Å²) in [5.74, 6) is -13.9. The van der Waals surface area contributed by atoms with E-state index in [-0.39, 0.29) is 64.0 Å². The molecule has 6 rings (SSSR count). The third-order valence-electron chi connectivity index (χ3n) is 16.0. The Morgan fingerprint density at radius 1 is 0.494 bits per heavy atom. The van der Waals surface area contributed by atoms with E-state index >= 15 is 9.59 Å². The maximum absolute atomic E-state index is 15.1. The zero-order valence-corrected chi connectivity index (χ0v) is 48.8. The van der Waals surface area contributed by atoms with Crippen LogP contribution in [0.4, 0.5) is 0 Å². The molecule has 79 heavy (non-hydrogen) atoms. The number of carbonyl (C=O) groups excluding carboxylic acids is 5. The first-order chi connectivity index (χ1) is 36.8. The summed E-state index contributed by atoms with van der Waals surface area (Å²) in [6, 6.07) is -5.67. The zero-order chi connectivity index (χ0) is 59.1. The van der Waals surface area contributed by atoms with E-state index in [1.165, 1.54) is 85.2 Å². The Kier molecular flexibility index (Phi) is 20.1. The maximum atomic E-state index is 15.1. The smallest absolute Gasteiger partial charge is 0.352 e. The number of rotatable bonds is 21. The molecule has 6 heterocycles. The molecule has 3 saturated heterocycles. The van der Waals surface area contributed by atoms with Gasteiger partial charge >= 0.3 is 23.9 Å². The molecule has 0 spiro atoms. The fourth-order valence-electron chi connectivity index (χ4n) is 12.0. The third-order valence-corrected chi connectivity index (χ3v) is 20.5. The van der Waals surface area contributed by atoms with E-state index < -0.39 is 148 Å². The fraction of sp³-hybridized carbons (Fsp3) is 0.706. The predicted octanol–water partition coefficient (Wildman–Crippen LogP) is -1.09. The molecule has 0 bridgehead atoms. The molecule has 6 aliphatic rings. The summed E-state index contributed by atoms with van der Waals surface area (Å²) < 4.78 is 0. The number of nitrogens with zero attached hydrogens (tertiary/aromatic N) is 5. The Balaban J connectivity index is 1.23. The minimum atomic E-state index is -1.43. The van der Waals surface area contributed by atoms with Crippen LogP contribution in [0.1, 0.15) is 60.8 Å². The van der Waals surface area contributed by atoms with Gasteiger partial charge in [0.2, 0.25) is 29.5 Å². The second kappa shape index (κ2) is 25.3. The van der Waals surface area contributed by atoms with Crippen molar-refractivity contribution in [2.75, 3.05) is 61.9 Å². The van der Waals surface area contributed by atoms with Crippen molar-refractivity contribution in [2.45, 2.75) is 131 Å². The van der Waals surface area contributed by atoms with E-state index in [2.05, 4.69) is 21.3 Å². The molecule has 25 nitrogen and oxygen atoms in total. The SMILES string of the molecule is C[C@@H](O)[C@@H](C(=O)O)[C@@H]1NC(C(=O)O)=C(S[C@H]2C[C@@H](C(=O)N(C)C)N(C(=O)[C@@H]([C@@H]3NC(C(=O)O)=C(S[C@H]4C[C@@H](C(=O)N(C)C)N(C(=O)[C@@H]([C@@H]5NC(C(=O)O)=C(S[C@@H]6CN[C@H](C(=O)N(C)C)C6)[C@@H]5C)[C@@H](C)O)C4)[C@@H]3C)[C@@H](C)O)C2)[C@@H]1C. The second-order valence-corrected chi connectivity index (χ2v) is 26.3. The van der Waals surface area contributed by atoms with Gasteiger partial charge in [0.25, 0.3) is 0 Å². The van der Waals surface area contributed by atoms with Crippen molar-refractivity contribution >= 4 is 88.7 Å². The van der Waals surface area contributed by atoms with Crippen LogP contribution in [0.2, 0.25) is 0 Å². The van der Waals surface area contributed by atoms with Gasteiger partial charge in [0.15, 0.2) is 0 Å². The van der Waals surface area contributed by atoms with E-state index in [4.69, 9.17) is 0 Å². The molecule has 3 fully saturated rings. The van der Waals surface area contributed by atoms with Gasteiger partial charge in [0, 0.05) is 128 Å². The van der Waals surface area contributed by atoms with Crippen LogP contribution in [0, 0.1) is 35.5 Å². The first kappa shape index (κ1) is 62.9. The van der Waals surface area contributed by atoms with Gasteiger partial charge in [-0.25, -0.2) is 14.4 Å². The van der Waals surface area contributed by atoms with Crippen LogP contribution in [-0.2, 0) is 43.2 Å². The molecule has 0 radical (unpaired) electrons. The minimum absolute atomic E-state index is 0.0334. The third kappa shape index (κ3) is 12.9. The van der Waals surface area contributed by atoms with Gasteiger partial charge in [-0.2, -0.15) is 0 Å². The monoisotopic (exact) mass is 1170 g/mol. The van der Waals surface area contributed by atoms with Crippen molar-refractivity contribution in [3.05, 3.63) is 31.8 Å². The van der Waals surface area contributed by atoms with Crippen molar-refractivity contribution in [1.82, 2.24) is 45.8 Å².